The van der Waals surface area contributed by atoms with Crippen LogP contribution < -0.4 is 4.74 Å². The minimum atomic E-state index is -3.16. The summed E-state index contributed by atoms with van der Waals surface area (Å²) in [6, 6.07) is 8.17. The van der Waals surface area contributed by atoms with Crippen LogP contribution in [-0.4, -0.2) is 92.3 Å². The van der Waals surface area contributed by atoms with Gasteiger partial charge in [-0.2, -0.15) is 0 Å². The first kappa shape index (κ1) is 27.4. The summed E-state index contributed by atoms with van der Waals surface area (Å²) in [4.78, 5) is 17.7. The summed E-state index contributed by atoms with van der Waals surface area (Å²) >= 11 is 0. The number of sulfonamides is 1. The Labute approximate surface area is 216 Å². The van der Waals surface area contributed by atoms with E-state index in [4.69, 9.17) is 4.74 Å². The van der Waals surface area contributed by atoms with Gasteiger partial charge in [-0.25, -0.2) is 12.7 Å². The molecule has 4 aliphatic rings. The average molecular weight is 522 g/mol. The molecule has 0 saturated carbocycles. The molecule has 8 nitrogen and oxygen atoms in total. The molecule has 5 rings (SSSR count). The van der Waals surface area contributed by atoms with Crippen LogP contribution in [0.3, 0.4) is 0 Å². The Hall–Kier alpha value is -1.68. The Bertz CT molecular complexity index is 969. The lowest BCUT2D eigenvalue weighted by molar-refractivity contribution is -0.133. The fourth-order valence-electron chi connectivity index (χ4n) is 5.94. The topological polar surface area (TPSA) is 90.4 Å². The maximum atomic E-state index is 13.3. The molecule has 2 saturated heterocycles. The van der Waals surface area contributed by atoms with Crippen LogP contribution in [0.5, 0.6) is 5.75 Å². The molecule has 0 radical (unpaired) electrons. The SMILES string of the molecule is CS(=O)(=O)N1CCC(CC(=O)N2CCCCC3(CO)CCN(CC3)Cc3ccccc3OCC2)CC1. The Morgan fingerprint density at radius 3 is 2.44 bits per heavy atom. The largest absolute Gasteiger partial charge is 0.491 e. The molecule has 0 atom stereocenters. The molecule has 202 valence electrons. The Morgan fingerprint density at radius 2 is 1.75 bits per heavy atom. The molecule has 4 heterocycles. The third-order valence-corrected chi connectivity index (χ3v) is 9.78. The van der Waals surface area contributed by atoms with Crippen molar-refractivity contribution < 1.29 is 23.1 Å². The van der Waals surface area contributed by atoms with Gasteiger partial charge in [-0.1, -0.05) is 24.6 Å². The number of aliphatic hydroxyl groups excluding tert-OH is 1. The van der Waals surface area contributed by atoms with Crippen LogP contribution in [0.15, 0.2) is 24.3 Å². The number of carbonyl (C=O) groups is 1. The highest BCUT2D eigenvalue weighted by Crippen LogP contribution is 2.37. The number of aliphatic hydroxyl groups is 1. The van der Waals surface area contributed by atoms with Crippen molar-refractivity contribution in [1.82, 2.24) is 14.1 Å². The maximum Gasteiger partial charge on any atom is 0.222 e. The number of carbonyl (C=O) groups excluding carboxylic acids is 1. The van der Waals surface area contributed by atoms with Gasteiger partial charge >= 0.3 is 0 Å². The van der Waals surface area contributed by atoms with Crippen LogP contribution in [-0.2, 0) is 21.4 Å². The molecular formula is C27H43N3O5S. The van der Waals surface area contributed by atoms with Crippen molar-refractivity contribution in [3.63, 3.8) is 0 Å². The lowest BCUT2D eigenvalue weighted by Gasteiger charge is -2.41. The molecular weight excluding hydrogens is 478 g/mol. The van der Waals surface area contributed by atoms with Crippen molar-refractivity contribution in [3.8, 4) is 5.75 Å². The molecule has 0 unspecified atom stereocenters. The van der Waals surface area contributed by atoms with Gasteiger partial charge in [0.1, 0.15) is 12.4 Å². The molecule has 4 aliphatic heterocycles. The molecule has 0 aliphatic carbocycles. The predicted octanol–water partition coefficient (Wildman–Crippen LogP) is 2.71. The highest BCUT2D eigenvalue weighted by atomic mass is 32.2. The molecule has 36 heavy (non-hydrogen) atoms. The zero-order valence-corrected chi connectivity index (χ0v) is 22.6. The number of hydrogen-bond donors (Lipinski definition) is 1. The summed E-state index contributed by atoms with van der Waals surface area (Å²) in [5.41, 5.74) is 1.16. The lowest BCUT2D eigenvalue weighted by Crippen LogP contribution is -2.42. The number of nitrogens with zero attached hydrogens (tertiary/aromatic N) is 3. The summed E-state index contributed by atoms with van der Waals surface area (Å²) in [6.45, 7) is 5.73. The summed E-state index contributed by atoms with van der Waals surface area (Å²) in [7, 11) is -3.16. The fraction of sp³-hybridized carbons (Fsp3) is 0.741. The quantitative estimate of drug-likeness (QED) is 0.655. The van der Waals surface area contributed by atoms with Crippen LogP contribution in [0, 0.1) is 11.3 Å². The second kappa shape index (κ2) is 12.2. The number of hydrogen-bond acceptors (Lipinski definition) is 6. The molecule has 0 spiro atoms. The van der Waals surface area contributed by atoms with E-state index in [0.717, 1.165) is 70.3 Å². The second-order valence-corrected chi connectivity index (χ2v) is 13.0. The fourth-order valence-corrected chi connectivity index (χ4v) is 6.81. The zero-order chi connectivity index (χ0) is 25.6. The van der Waals surface area contributed by atoms with E-state index in [1.54, 1.807) is 0 Å². The number of rotatable bonds is 4. The first-order valence-corrected chi connectivity index (χ1v) is 15.4. The number of ether oxygens (including phenoxy) is 1. The second-order valence-electron chi connectivity index (χ2n) is 11.0. The van der Waals surface area contributed by atoms with E-state index in [1.807, 2.05) is 23.1 Å². The van der Waals surface area contributed by atoms with Gasteiger partial charge in [0, 0.05) is 44.8 Å². The van der Waals surface area contributed by atoms with Gasteiger partial charge in [0.25, 0.3) is 0 Å². The first-order valence-electron chi connectivity index (χ1n) is 13.5. The Morgan fingerprint density at radius 1 is 1.03 bits per heavy atom. The smallest absolute Gasteiger partial charge is 0.222 e. The van der Waals surface area contributed by atoms with Crippen molar-refractivity contribution in [2.75, 3.05) is 58.7 Å². The van der Waals surface area contributed by atoms with Crippen LogP contribution in [0.25, 0.3) is 0 Å². The summed E-state index contributed by atoms with van der Waals surface area (Å²) in [5, 5.41) is 10.2. The molecule has 0 aromatic heterocycles. The molecule has 2 bridgehead atoms. The van der Waals surface area contributed by atoms with Gasteiger partial charge in [-0.3, -0.25) is 9.69 Å². The Kier molecular flexibility index (Phi) is 9.30. The molecule has 1 amide bonds. The van der Waals surface area contributed by atoms with E-state index in [0.29, 0.717) is 39.2 Å². The number of amides is 1. The minimum Gasteiger partial charge on any atom is -0.491 e. The van der Waals surface area contributed by atoms with Crippen molar-refractivity contribution >= 4 is 15.9 Å². The number of para-hydroxylation sites is 1. The van der Waals surface area contributed by atoms with Crippen molar-refractivity contribution in [3.05, 3.63) is 29.8 Å². The predicted molar refractivity (Wildman–Crippen MR) is 140 cm³/mol. The first-order chi connectivity index (χ1) is 17.3. The van der Waals surface area contributed by atoms with E-state index in [9.17, 15) is 18.3 Å². The van der Waals surface area contributed by atoms with Gasteiger partial charge in [-0.05, 0) is 69.0 Å². The van der Waals surface area contributed by atoms with Gasteiger partial charge in [0.05, 0.1) is 12.8 Å². The minimum absolute atomic E-state index is 0.00484. The zero-order valence-electron chi connectivity index (χ0n) is 21.7. The average Bonchev–Trinajstić information content (AvgIpc) is 2.87. The van der Waals surface area contributed by atoms with Gasteiger partial charge in [-0.15, -0.1) is 0 Å². The highest BCUT2D eigenvalue weighted by molar-refractivity contribution is 7.88. The van der Waals surface area contributed by atoms with E-state index in [-0.39, 0.29) is 23.8 Å². The Balaban J connectivity index is 1.41. The van der Waals surface area contributed by atoms with Crippen molar-refractivity contribution in [2.24, 2.45) is 11.3 Å². The van der Waals surface area contributed by atoms with Crippen LogP contribution in [0.1, 0.15) is 56.9 Å². The van der Waals surface area contributed by atoms with Crippen molar-refractivity contribution in [1.29, 1.82) is 0 Å². The standard InChI is InChI=1S/C27H43N3O5S/c1-36(33,34)30-14-8-23(9-15-30)20-26(32)29-13-5-4-10-27(22-31)11-16-28(17-12-27)21-24-6-2-3-7-25(24)35-19-18-29/h2-3,6-7,23,31H,4-5,8-22H2,1H3. The lowest BCUT2D eigenvalue weighted by atomic mass is 9.75. The molecule has 2 fully saturated rings. The van der Waals surface area contributed by atoms with Crippen LogP contribution >= 0.6 is 0 Å². The van der Waals surface area contributed by atoms with Crippen LogP contribution in [0.2, 0.25) is 0 Å². The normalized spacial score (nSPS) is 27.5. The van der Waals surface area contributed by atoms with Gasteiger partial charge < -0.3 is 14.7 Å². The monoisotopic (exact) mass is 521 g/mol. The molecule has 1 aromatic rings. The third-order valence-electron chi connectivity index (χ3n) is 8.48. The summed E-state index contributed by atoms with van der Waals surface area (Å²) < 4.78 is 31.3. The summed E-state index contributed by atoms with van der Waals surface area (Å²) in [6.07, 6.45) is 8.09. The molecule has 9 heteroatoms. The van der Waals surface area contributed by atoms with Crippen molar-refractivity contribution in [2.45, 2.75) is 57.9 Å². The highest BCUT2D eigenvalue weighted by Gasteiger charge is 2.34. The number of benzene rings is 1. The van der Waals surface area contributed by atoms with Gasteiger partial charge in [0.15, 0.2) is 0 Å². The third kappa shape index (κ3) is 7.21. The molecule has 1 N–H and O–H groups in total. The number of fused-ring (bicyclic) bond motifs is 9. The summed E-state index contributed by atoms with van der Waals surface area (Å²) in [5.74, 6) is 1.24. The molecule has 1 aromatic carbocycles. The van der Waals surface area contributed by atoms with E-state index in [2.05, 4.69) is 11.0 Å². The maximum absolute atomic E-state index is 13.3. The van der Waals surface area contributed by atoms with E-state index < -0.39 is 10.0 Å². The van der Waals surface area contributed by atoms with Gasteiger partial charge in [0.2, 0.25) is 15.9 Å². The van der Waals surface area contributed by atoms with Crippen LogP contribution in [0.4, 0.5) is 0 Å². The number of piperidine rings is 2. The van der Waals surface area contributed by atoms with E-state index in [1.165, 1.54) is 16.1 Å². The van der Waals surface area contributed by atoms with E-state index >= 15 is 0 Å².